The average molecular weight is 256 g/mol. The summed E-state index contributed by atoms with van der Waals surface area (Å²) in [6, 6.07) is 0. The fraction of sp³-hybridized carbons (Fsp3) is 0.579. The molecule has 2 aliphatic carbocycles. The first-order valence-corrected chi connectivity index (χ1v) is 8.08. The van der Waals surface area contributed by atoms with Gasteiger partial charge in [-0.3, -0.25) is 0 Å². The molecule has 2 rings (SSSR count). The normalized spacial score (nSPS) is 22.5. The second-order valence-electron chi connectivity index (χ2n) is 5.79. The second kappa shape index (κ2) is 7.53. The van der Waals surface area contributed by atoms with E-state index in [0.29, 0.717) is 0 Å². The highest BCUT2D eigenvalue weighted by atomic mass is 14.2. The van der Waals surface area contributed by atoms with Crippen LogP contribution in [0.4, 0.5) is 0 Å². The molecule has 1 saturated carbocycles. The molecule has 0 aromatic carbocycles. The van der Waals surface area contributed by atoms with Crippen molar-refractivity contribution in [1.82, 2.24) is 0 Å². The van der Waals surface area contributed by atoms with Crippen LogP contribution in [0.5, 0.6) is 0 Å². The Balaban J connectivity index is 2.26. The molecule has 0 amide bonds. The van der Waals surface area contributed by atoms with Gasteiger partial charge in [0.1, 0.15) is 0 Å². The van der Waals surface area contributed by atoms with Crippen LogP contribution in [0.25, 0.3) is 0 Å². The summed E-state index contributed by atoms with van der Waals surface area (Å²) in [6.45, 7) is 4.52. The molecule has 2 aliphatic rings. The first-order chi connectivity index (χ1) is 9.36. The summed E-state index contributed by atoms with van der Waals surface area (Å²) in [6.07, 6.45) is 22.2. The zero-order valence-electron chi connectivity index (χ0n) is 12.6. The lowest BCUT2D eigenvalue weighted by Gasteiger charge is -2.22. The van der Waals surface area contributed by atoms with Crippen molar-refractivity contribution >= 4 is 0 Å². The molecule has 0 atom stereocenters. The SMILES string of the molecule is C/C=C(\C1=C(CC)CC=CC=C1)C1CCCCCC1. The van der Waals surface area contributed by atoms with Crippen LogP contribution in [0.15, 0.2) is 47.1 Å². The molecule has 0 aliphatic heterocycles. The van der Waals surface area contributed by atoms with Crippen molar-refractivity contribution in [2.45, 2.75) is 65.2 Å². The fourth-order valence-electron chi connectivity index (χ4n) is 3.51. The molecule has 19 heavy (non-hydrogen) atoms. The number of hydrogen-bond donors (Lipinski definition) is 0. The lowest BCUT2D eigenvalue weighted by Crippen LogP contribution is -2.06. The molecule has 0 N–H and O–H groups in total. The Morgan fingerprint density at radius 2 is 1.89 bits per heavy atom. The van der Waals surface area contributed by atoms with E-state index in [1.54, 1.807) is 16.7 Å². The van der Waals surface area contributed by atoms with Gasteiger partial charge in [0.15, 0.2) is 0 Å². The van der Waals surface area contributed by atoms with Crippen LogP contribution in [0.2, 0.25) is 0 Å². The van der Waals surface area contributed by atoms with Crippen molar-refractivity contribution < 1.29 is 0 Å². The van der Waals surface area contributed by atoms with Crippen molar-refractivity contribution in [1.29, 1.82) is 0 Å². The molecule has 0 aromatic rings. The van der Waals surface area contributed by atoms with Gasteiger partial charge in [0, 0.05) is 0 Å². The number of hydrogen-bond acceptors (Lipinski definition) is 0. The summed E-state index contributed by atoms with van der Waals surface area (Å²) < 4.78 is 0. The largest absolute Gasteiger partial charge is 0.0836 e. The number of allylic oxidation sites excluding steroid dienone is 8. The van der Waals surface area contributed by atoms with Gasteiger partial charge < -0.3 is 0 Å². The van der Waals surface area contributed by atoms with Gasteiger partial charge >= 0.3 is 0 Å². The minimum atomic E-state index is 0.798. The summed E-state index contributed by atoms with van der Waals surface area (Å²) in [5.41, 5.74) is 4.78. The first-order valence-electron chi connectivity index (χ1n) is 8.08. The molecule has 0 nitrogen and oxygen atoms in total. The van der Waals surface area contributed by atoms with E-state index >= 15 is 0 Å². The second-order valence-corrected chi connectivity index (χ2v) is 5.79. The lowest BCUT2D eigenvalue weighted by molar-refractivity contribution is 0.534. The molecule has 0 unspecified atom stereocenters. The molecule has 0 aromatic heterocycles. The molecular formula is C19H28. The quantitative estimate of drug-likeness (QED) is 0.533. The third kappa shape index (κ3) is 3.72. The van der Waals surface area contributed by atoms with E-state index in [9.17, 15) is 0 Å². The van der Waals surface area contributed by atoms with E-state index in [1.807, 2.05) is 0 Å². The third-order valence-electron chi connectivity index (χ3n) is 4.60. The maximum absolute atomic E-state index is 2.39. The predicted octanol–water partition coefficient (Wildman–Crippen LogP) is 6.13. The smallest absolute Gasteiger partial charge is 0.0127 e. The predicted molar refractivity (Wildman–Crippen MR) is 85.2 cm³/mol. The molecule has 0 bridgehead atoms. The van der Waals surface area contributed by atoms with Crippen molar-refractivity contribution in [2.24, 2.45) is 5.92 Å². The van der Waals surface area contributed by atoms with Crippen LogP contribution in [0.1, 0.15) is 65.2 Å². The zero-order chi connectivity index (χ0) is 13.5. The van der Waals surface area contributed by atoms with Gasteiger partial charge in [-0.05, 0) is 49.7 Å². The van der Waals surface area contributed by atoms with Crippen LogP contribution in [0, 0.1) is 5.92 Å². The van der Waals surface area contributed by atoms with E-state index in [0.717, 1.165) is 12.3 Å². The fourth-order valence-corrected chi connectivity index (χ4v) is 3.51. The van der Waals surface area contributed by atoms with E-state index in [1.165, 1.54) is 44.9 Å². The molecule has 1 fully saturated rings. The summed E-state index contributed by atoms with van der Waals surface area (Å²) in [5.74, 6) is 0.798. The molecular weight excluding hydrogens is 228 g/mol. The Hall–Kier alpha value is -1.04. The first kappa shape index (κ1) is 14.4. The Kier molecular flexibility index (Phi) is 5.69. The Labute approximate surface area is 119 Å². The lowest BCUT2D eigenvalue weighted by atomic mass is 9.83. The van der Waals surface area contributed by atoms with Crippen molar-refractivity contribution in [3.8, 4) is 0 Å². The van der Waals surface area contributed by atoms with Gasteiger partial charge in [-0.2, -0.15) is 0 Å². The molecule has 0 radical (unpaired) electrons. The summed E-state index contributed by atoms with van der Waals surface area (Å²) in [4.78, 5) is 0. The van der Waals surface area contributed by atoms with Crippen molar-refractivity contribution in [3.05, 3.63) is 47.1 Å². The van der Waals surface area contributed by atoms with E-state index < -0.39 is 0 Å². The van der Waals surface area contributed by atoms with Crippen LogP contribution < -0.4 is 0 Å². The summed E-state index contributed by atoms with van der Waals surface area (Å²) >= 11 is 0. The average Bonchev–Trinajstić information content (AvgIpc) is 2.82. The van der Waals surface area contributed by atoms with Gasteiger partial charge in [-0.25, -0.2) is 0 Å². The van der Waals surface area contributed by atoms with Crippen LogP contribution in [0.3, 0.4) is 0 Å². The van der Waals surface area contributed by atoms with Crippen LogP contribution in [-0.4, -0.2) is 0 Å². The summed E-state index contributed by atoms with van der Waals surface area (Å²) in [7, 11) is 0. The minimum absolute atomic E-state index is 0.798. The van der Waals surface area contributed by atoms with Crippen LogP contribution in [-0.2, 0) is 0 Å². The Bertz CT molecular complexity index is 396. The van der Waals surface area contributed by atoms with Gasteiger partial charge in [0.05, 0.1) is 0 Å². The van der Waals surface area contributed by atoms with Gasteiger partial charge in [0.25, 0.3) is 0 Å². The Morgan fingerprint density at radius 3 is 2.53 bits per heavy atom. The highest BCUT2D eigenvalue weighted by Gasteiger charge is 2.19. The molecule has 104 valence electrons. The van der Waals surface area contributed by atoms with E-state index in [2.05, 4.69) is 44.2 Å². The Morgan fingerprint density at radius 1 is 1.16 bits per heavy atom. The van der Waals surface area contributed by atoms with E-state index in [-0.39, 0.29) is 0 Å². The molecule has 0 heterocycles. The molecule has 0 heteroatoms. The topological polar surface area (TPSA) is 0 Å². The standard InChI is InChI=1S/C19H28/c1-3-16-12-10-7-11-15-19(16)18(4-2)17-13-8-5-6-9-14-17/h4,7,10-11,15,17H,3,5-6,8-9,12-14H2,1-2H3/b18-4-. The highest BCUT2D eigenvalue weighted by molar-refractivity contribution is 5.47. The zero-order valence-corrected chi connectivity index (χ0v) is 12.6. The minimum Gasteiger partial charge on any atom is -0.0836 e. The highest BCUT2D eigenvalue weighted by Crippen LogP contribution is 2.36. The van der Waals surface area contributed by atoms with E-state index in [4.69, 9.17) is 0 Å². The molecule has 0 saturated heterocycles. The van der Waals surface area contributed by atoms with Crippen molar-refractivity contribution in [2.75, 3.05) is 0 Å². The van der Waals surface area contributed by atoms with Gasteiger partial charge in [0.2, 0.25) is 0 Å². The molecule has 0 spiro atoms. The monoisotopic (exact) mass is 256 g/mol. The van der Waals surface area contributed by atoms with Gasteiger partial charge in [-0.1, -0.05) is 68.6 Å². The third-order valence-corrected chi connectivity index (χ3v) is 4.60. The maximum Gasteiger partial charge on any atom is -0.0127 e. The maximum atomic E-state index is 2.39. The van der Waals surface area contributed by atoms with Crippen molar-refractivity contribution in [3.63, 3.8) is 0 Å². The number of rotatable bonds is 3. The van der Waals surface area contributed by atoms with Crippen LogP contribution >= 0.6 is 0 Å². The summed E-state index contributed by atoms with van der Waals surface area (Å²) in [5, 5.41) is 0. The van der Waals surface area contributed by atoms with Gasteiger partial charge in [-0.15, -0.1) is 0 Å².